The topological polar surface area (TPSA) is 38.3 Å². The van der Waals surface area contributed by atoms with Crippen LogP contribution in [0.1, 0.15) is 31.4 Å². The first kappa shape index (κ1) is 15.4. The molecule has 1 fully saturated rings. The minimum Gasteiger partial charge on any atom is -0.434 e. The molecule has 0 aromatic heterocycles. The Kier molecular flexibility index (Phi) is 5.48. The van der Waals surface area contributed by atoms with Crippen LogP contribution in [0.5, 0.6) is 5.75 Å². The van der Waals surface area contributed by atoms with Crippen molar-refractivity contribution in [3.63, 3.8) is 0 Å². The van der Waals surface area contributed by atoms with Gasteiger partial charge in [-0.1, -0.05) is 18.2 Å². The highest BCUT2D eigenvalue weighted by Gasteiger charge is 2.21. The number of ether oxygens (including phenoxy) is 1. The number of alkyl halides is 2. The fourth-order valence-electron chi connectivity index (χ4n) is 2.45. The van der Waals surface area contributed by atoms with Crippen LogP contribution in [-0.2, 0) is 10.8 Å². The zero-order valence-corrected chi connectivity index (χ0v) is 12.2. The molecule has 1 aliphatic heterocycles. The van der Waals surface area contributed by atoms with E-state index in [0.29, 0.717) is 11.5 Å². The molecule has 1 aromatic carbocycles. The van der Waals surface area contributed by atoms with Gasteiger partial charge in [-0.05, 0) is 25.8 Å². The van der Waals surface area contributed by atoms with E-state index in [-0.39, 0.29) is 17.8 Å². The maximum Gasteiger partial charge on any atom is 0.387 e. The SMILES string of the molecule is CC(NC1CCS(=O)CC1)c1ccccc1OC(F)F. The Labute approximate surface area is 120 Å². The number of hydrogen-bond donors (Lipinski definition) is 1. The highest BCUT2D eigenvalue weighted by atomic mass is 32.2. The van der Waals surface area contributed by atoms with E-state index < -0.39 is 17.4 Å². The van der Waals surface area contributed by atoms with Gasteiger partial charge in [0.2, 0.25) is 0 Å². The molecule has 6 heteroatoms. The molecule has 20 heavy (non-hydrogen) atoms. The van der Waals surface area contributed by atoms with Crippen molar-refractivity contribution in [1.29, 1.82) is 0 Å². The van der Waals surface area contributed by atoms with Gasteiger partial charge in [0.05, 0.1) is 0 Å². The van der Waals surface area contributed by atoms with Crippen LogP contribution in [0, 0.1) is 0 Å². The smallest absolute Gasteiger partial charge is 0.387 e. The monoisotopic (exact) mass is 303 g/mol. The molecule has 0 saturated carbocycles. The summed E-state index contributed by atoms with van der Waals surface area (Å²) >= 11 is 0. The van der Waals surface area contributed by atoms with E-state index in [0.717, 1.165) is 18.4 Å². The zero-order chi connectivity index (χ0) is 14.5. The second-order valence-corrected chi connectivity index (χ2v) is 6.62. The fraction of sp³-hybridized carbons (Fsp3) is 0.571. The minimum atomic E-state index is -2.82. The molecule has 0 radical (unpaired) electrons. The maximum atomic E-state index is 12.4. The van der Waals surface area contributed by atoms with Gasteiger partial charge in [0.15, 0.2) is 0 Å². The predicted molar refractivity (Wildman–Crippen MR) is 75.5 cm³/mol. The quantitative estimate of drug-likeness (QED) is 0.909. The second-order valence-electron chi connectivity index (χ2n) is 4.93. The summed E-state index contributed by atoms with van der Waals surface area (Å²) in [6.45, 7) is -0.889. The van der Waals surface area contributed by atoms with E-state index in [4.69, 9.17) is 0 Å². The Morgan fingerprint density at radius 1 is 1.30 bits per heavy atom. The van der Waals surface area contributed by atoms with Gasteiger partial charge in [-0.15, -0.1) is 0 Å². The lowest BCUT2D eigenvalue weighted by Gasteiger charge is -2.27. The molecule has 1 aliphatic rings. The van der Waals surface area contributed by atoms with Crippen LogP contribution in [0.4, 0.5) is 8.78 Å². The first-order valence-electron chi connectivity index (χ1n) is 6.71. The third kappa shape index (κ3) is 4.24. The van der Waals surface area contributed by atoms with Crippen LogP contribution < -0.4 is 10.1 Å². The van der Waals surface area contributed by atoms with Crippen LogP contribution >= 0.6 is 0 Å². The van der Waals surface area contributed by atoms with Crippen LogP contribution in [-0.4, -0.2) is 28.4 Å². The van der Waals surface area contributed by atoms with E-state index in [2.05, 4.69) is 10.1 Å². The van der Waals surface area contributed by atoms with Gasteiger partial charge in [0, 0.05) is 40.0 Å². The molecule has 1 saturated heterocycles. The maximum absolute atomic E-state index is 12.4. The zero-order valence-electron chi connectivity index (χ0n) is 11.4. The van der Waals surface area contributed by atoms with Crippen molar-refractivity contribution >= 4 is 10.8 Å². The van der Waals surface area contributed by atoms with Crippen molar-refractivity contribution < 1.29 is 17.7 Å². The number of halogens is 2. The molecular formula is C14H19F2NO2S. The Bertz CT molecular complexity index is 460. The lowest BCUT2D eigenvalue weighted by atomic mass is 10.0. The molecule has 1 heterocycles. The molecule has 1 atom stereocenters. The number of rotatable bonds is 5. The highest BCUT2D eigenvalue weighted by molar-refractivity contribution is 7.85. The molecule has 0 amide bonds. The predicted octanol–water partition coefficient (Wildman–Crippen LogP) is 2.85. The number of benzene rings is 1. The van der Waals surface area contributed by atoms with Gasteiger partial charge in [-0.3, -0.25) is 4.21 Å². The van der Waals surface area contributed by atoms with Crippen LogP contribution in [0.2, 0.25) is 0 Å². The van der Waals surface area contributed by atoms with E-state index in [1.165, 1.54) is 0 Å². The fourth-order valence-corrected chi connectivity index (χ4v) is 3.74. The number of para-hydroxylation sites is 1. The first-order chi connectivity index (χ1) is 9.56. The third-order valence-electron chi connectivity index (χ3n) is 3.48. The van der Waals surface area contributed by atoms with Gasteiger partial charge >= 0.3 is 6.61 Å². The Hall–Kier alpha value is -1.01. The number of nitrogens with one attached hydrogen (secondary N) is 1. The molecule has 1 aromatic rings. The molecule has 2 rings (SSSR count). The Balaban J connectivity index is 2.01. The van der Waals surface area contributed by atoms with E-state index in [1.54, 1.807) is 18.2 Å². The molecule has 3 nitrogen and oxygen atoms in total. The molecule has 1 unspecified atom stereocenters. The van der Waals surface area contributed by atoms with Crippen LogP contribution in [0.25, 0.3) is 0 Å². The summed E-state index contributed by atoms with van der Waals surface area (Å²) < 4.78 is 40.6. The standard InChI is InChI=1S/C14H19F2NO2S/c1-10(17-11-6-8-20(18)9-7-11)12-4-2-3-5-13(12)19-14(15)16/h2-5,10-11,14,17H,6-9H2,1H3. The molecular weight excluding hydrogens is 284 g/mol. The van der Waals surface area contributed by atoms with E-state index in [9.17, 15) is 13.0 Å². The minimum absolute atomic E-state index is 0.0820. The third-order valence-corrected chi connectivity index (χ3v) is 4.86. The van der Waals surface area contributed by atoms with Gasteiger partial charge in [-0.2, -0.15) is 8.78 Å². The average Bonchev–Trinajstić information content (AvgIpc) is 2.41. The summed E-state index contributed by atoms with van der Waals surface area (Å²) in [5, 5.41) is 3.41. The van der Waals surface area contributed by atoms with Crippen molar-refractivity contribution in [3.05, 3.63) is 29.8 Å². The summed E-state index contributed by atoms with van der Waals surface area (Å²) in [7, 11) is -0.696. The van der Waals surface area contributed by atoms with Crippen LogP contribution in [0.15, 0.2) is 24.3 Å². The summed E-state index contributed by atoms with van der Waals surface area (Å²) in [6.07, 6.45) is 1.71. The Morgan fingerprint density at radius 2 is 1.95 bits per heavy atom. The largest absolute Gasteiger partial charge is 0.434 e. The van der Waals surface area contributed by atoms with Gasteiger partial charge in [-0.25, -0.2) is 0 Å². The Morgan fingerprint density at radius 3 is 2.60 bits per heavy atom. The first-order valence-corrected chi connectivity index (χ1v) is 8.20. The van der Waals surface area contributed by atoms with Gasteiger partial charge in [0.25, 0.3) is 0 Å². The van der Waals surface area contributed by atoms with Crippen molar-refractivity contribution in [3.8, 4) is 5.75 Å². The summed E-state index contributed by atoms with van der Waals surface area (Å²) in [5.41, 5.74) is 0.722. The average molecular weight is 303 g/mol. The van der Waals surface area contributed by atoms with E-state index >= 15 is 0 Å². The van der Waals surface area contributed by atoms with Gasteiger partial charge < -0.3 is 10.1 Å². The lowest BCUT2D eigenvalue weighted by molar-refractivity contribution is -0.0506. The van der Waals surface area contributed by atoms with Crippen molar-refractivity contribution in [2.24, 2.45) is 0 Å². The van der Waals surface area contributed by atoms with Crippen molar-refractivity contribution in [1.82, 2.24) is 5.32 Å². The van der Waals surface area contributed by atoms with E-state index in [1.807, 2.05) is 13.0 Å². The molecule has 0 bridgehead atoms. The summed E-state index contributed by atoms with van der Waals surface area (Å²) in [4.78, 5) is 0. The molecule has 0 spiro atoms. The summed E-state index contributed by atoms with van der Waals surface area (Å²) in [6, 6.07) is 7.02. The summed E-state index contributed by atoms with van der Waals surface area (Å²) in [5.74, 6) is 1.63. The molecule has 1 N–H and O–H groups in total. The highest BCUT2D eigenvalue weighted by Crippen LogP contribution is 2.27. The number of hydrogen-bond acceptors (Lipinski definition) is 3. The van der Waals surface area contributed by atoms with Crippen molar-refractivity contribution in [2.75, 3.05) is 11.5 Å². The lowest BCUT2D eigenvalue weighted by Crippen LogP contribution is -2.37. The normalized spacial score (nSPS) is 24.6. The second kappa shape index (κ2) is 7.13. The van der Waals surface area contributed by atoms with Crippen molar-refractivity contribution in [2.45, 2.75) is 38.5 Å². The van der Waals surface area contributed by atoms with Gasteiger partial charge in [0.1, 0.15) is 5.75 Å². The molecule has 112 valence electrons. The van der Waals surface area contributed by atoms with Crippen LogP contribution in [0.3, 0.4) is 0 Å². The molecule has 0 aliphatic carbocycles.